The molecule has 114 valence electrons. The van der Waals surface area contributed by atoms with E-state index in [2.05, 4.69) is 50.4 Å². The first-order chi connectivity index (χ1) is 9.98. The van der Waals surface area contributed by atoms with Gasteiger partial charge in [0, 0.05) is 12.1 Å². The van der Waals surface area contributed by atoms with E-state index in [-0.39, 0.29) is 12.1 Å². The van der Waals surface area contributed by atoms with Crippen molar-refractivity contribution in [2.24, 2.45) is 5.92 Å². The zero-order valence-corrected chi connectivity index (χ0v) is 13.3. The number of hydrogen-bond donors (Lipinski definition) is 2. The van der Waals surface area contributed by atoms with E-state index in [0.29, 0.717) is 5.92 Å². The summed E-state index contributed by atoms with van der Waals surface area (Å²) >= 11 is 0. The summed E-state index contributed by atoms with van der Waals surface area (Å²) in [6.07, 6.45) is 0. The normalized spacial score (nSPS) is 14.4. The van der Waals surface area contributed by atoms with Gasteiger partial charge in [0.05, 0.1) is 13.7 Å². The molecule has 0 aliphatic heterocycles. The van der Waals surface area contributed by atoms with Crippen molar-refractivity contribution in [3.63, 3.8) is 0 Å². The number of aliphatic hydroxyl groups is 1. The van der Waals surface area contributed by atoms with Gasteiger partial charge >= 0.3 is 0 Å². The quantitative estimate of drug-likeness (QED) is 0.856. The molecule has 0 saturated heterocycles. The summed E-state index contributed by atoms with van der Waals surface area (Å²) in [5.74, 6) is 1.24. The van der Waals surface area contributed by atoms with Gasteiger partial charge in [0.25, 0.3) is 0 Å². The van der Waals surface area contributed by atoms with Crippen molar-refractivity contribution in [1.29, 1.82) is 0 Å². The fraction of sp³-hybridized carbons (Fsp3) is 0.444. The summed E-state index contributed by atoms with van der Waals surface area (Å²) < 4.78 is 5.25. The number of rotatable bonds is 6. The molecule has 0 aliphatic rings. The zero-order chi connectivity index (χ0) is 15.5. The van der Waals surface area contributed by atoms with Crippen molar-refractivity contribution >= 4 is 10.8 Å². The smallest absolute Gasteiger partial charge is 0.119 e. The molecule has 0 bridgehead atoms. The fourth-order valence-corrected chi connectivity index (χ4v) is 2.26. The number of ether oxygens (including phenoxy) is 1. The fourth-order valence-electron chi connectivity index (χ4n) is 2.26. The van der Waals surface area contributed by atoms with Crippen molar-refractivity contribution in [3.05, 3.63) is 42.0 Å². The number of benzene rings is 2. The lowest BCUT2D eigenvalue weighted by Gasteiger charge is -2.33. The largest absolute Gasteiger partial charge is 0.497 e. The Morgan fingerprint density at radius 1 is 1.14 bits per heavy atom. The lowest BCUT2D eigenvalue weighted by atomic mass is 9.89. The van der Waals surface area contributed by atoms with Gasteiger partial charge in [-0.15, -0.1) is 0 Å². The van der Waals surface area contributed by atoms with Gasteiger partial charge in [0.15, 0.2) is 0 Å². The van der Waals surface area contributed by atoms with E-state index in [1.165, 1.54) is 16.3 Å². The third kappa shape index (κ3) is 3.55. The van der Waals surface area contributed by atoms with Crippen molar-refractivity contribution < 1.29 is 9.84 Å². The Labute approximate surface area is 126 Å². The molecule has 0 aromatic heterocycles. The highest BCUT2D eigenvalue weighted by atomic mass is 16.5. The molecule has 0 amide bonds. The Hall–Kier alpha value is -1.58. The standard InChI is InChI=1S/C18H25NO2/c1-13(2)18(3,12-20)19-11-14-5-6-16-10-17(21-4)8-7-15(16)9-14/h5-10,13,19-20H,11-12H2,1-4H3. The second-order valence-corrected chi connectivity index (χ2v) is 6.13. The maximum atomic E-state index is 9.59. The van der Waals surface area contributed by atoms with Crippen LogP contribution >= 0.6 is 0 Å². The Kier molecular flexibility index (Phi) is 4.86. The van der Waals surface area contributed by atoms with Crippen molar-refractivity contribution in [3.8, 4) is 5.75 Å². The van der Waals surface area contributed by atoms with Crippen LogP contribution in [0.15, 0.2) is 36.4 Å². The van der Waals surface area contributed by atoms with Crippen LogP contribution in [-0.2, 0) is 6.54 Å². The summed E-state index contributed by atoms with van der Waals surface area (Å²) in [6, 6.07) is 12.5. The molecule has 0 saturated carbocycles. The van der Waals surface area contributed by atoms with Gasteiger partial charge in [-0.2, -0.15) is 0 Å². The molecule has 3 heteroatoms. The summed E-state index contributed by atoms with van der Waals surface area (Å²) in [5.41, 5.74) is 0.961. The van der Waals surface area contributed by atoms with Crippen LogP contribution in [-0.4, -0.2) is 24.4 Å². The molecule has 2 rings (SSSR count). The zero-order valence-electron chi connectivity index (χ0n) is 13.3. The highest BCUT2D eigenvalue weighted by Gasteiger charge is 2.26. The van der Waals surface area contributed by atoms with Gasteiger partial charge in [0.2, 0.25) is 0 Å². The molecule has 2 N–H and O–H groups in total. The number of nitrogens with one attached hydrogen (secondary N) is 1. The highest BCUT2D eigenvalue weighted by molar-refractivity contribution is 5.84. The molecular weight excluding hydrogens is 262 g/mol. The van der Waals surface area contributed by atoms with Gasteiger partial charge in [-0.05, 0) is 47.4 Å². The van der Waals surface area contributed by atoms with Crippen LogP contribution in [0.1, 0.15) is 26.3 Å². The van der Waals surface area contributed by atoms with Gasteiger partial charge in [-0.3, -0.25) is 0 Å². The molecule has 3 nitrogen and oxygen atoms in total. The van der Waals surface area contributed by atoms with E-state index >= 15 is 0 Å². The van der Waals surface area contributed by atoms with Crippen LogP contribution in [0.2, 0.25) is 0 Å². The minimum Gasteiger partial charge on any atom is -0.497 e. The Balaban J connectivity index is 2.16. The summed E-state index contributed by atoms with van der Waals surface area (Å²) in [5, 5.41) is 15.4. The van der Waals surface area contributed by atoms with Gasteiger partial charge in [-0.25, -0.2) is 0 Å². The minimum atomic E-state index is -0.255. The lowest BCUT2D eigenvalue weighted by Crippen LogP contribution is -2.49. The number of methoxy groups -OCH3 is 1. The van der Waals surface area contributed by atoms with Crippen LogP contribution in [0.3, 0.4) is 0 Å². The van der Waals surface area contributed by atoms with Gasteiger partial charge in [0.1, 0.15) is 5.75 Å². The third-order valence-electron chi connectivity index (χ3n) is 4.41. The Morgan fingerprint density at radius 3 is 2.43 bits per heavy atom. The first-order valence-corrected chi connectivity index (χ1v) is 7.41. The molecule has 21 heavy (non-hydrogen) atoms. The highest BCUT2D eigenvalue weighted by Crippen LogP contribution is 2.22. The second kappa shape index (κ2) is 6.46. The summed E-state index contributed by atoms with van der Waals surface area (Å²) in [7, 11) is 1.68. The first-order valence-electron chi connectivity index (χ1n) is 7.41. The molecule has 0 heterocycles. The molecule has 0 aliphatic carbocycles. The predicted molar refractivity (Wildman–Crippen MR) is 87.7 cm³/mol. The third-order valence-corrected chi connectivity index (χ3v) is 4.41. The SMILES string of the molecule is COc1ccc2cc(CNC(C)(CO)C(C)C)ccc2c1. The van der Waals surface area contributed by atoms with Crippen molar-refractivity contribution in [1.82, 2.24) is 5.32 Å². The molecule has 1 atom stereocenters. The maximum Gasteiger partial charge on any atom is 0.119 e. The monoisotopic (exact) mass is 287 g/mol. The average molecular weight is 287 g/mol. The number of fused-ring (bicyclic) bond motifs is 1. The molecule has 0 radical (unpaired) electrons. The Morgan fingerprint density at radius 2 is 1.81 bits per heavy atom. The number of hydrogen-bond acceptors (Lipinski definition) is 3. The van der Waals surface area contributed by atoms with Crippen molar-refractivity contribution in [2.45, 2.75) is 32.9 Å². The predicted octanol–water partition coefficient (Wildman–Crippen LogP) is 3.35. The van der Waals surface area contributed by atoms with Crippen LogP contribution in [0, 0.1) is 5.92 Å². The van der Waals surface area contributed by atoms with Crippen molar-refractivity contribution in [2.75, 3.05) is 13.7 Å². The van der Waals surface area contributed by atoms with Crippen LogP contribution in [0.25, 0.3) is 10.8 Å². The minimum absolute atomic E-state index is 0.134. The lowest BCUT2D eigenvalue weighted by molar-refractivity contribution is 0.131. The van der Waals surface area contributed by atoms with E-state index in [9.17, 15) is 5.11 Å². The molecular formula is C18H25NO2. The van der Waals surface area contributed by atoms with Gasteiger partial charge in [-0.1, -0.05) is 32.0 Å². The van der Waals surface area contributed by atoms with Crippen LogP contribution in [0.5, 0.6) is 5.75 Å². The maximum absolute atomic E-state index is 9.59. The van der Waals surface area contributed by atoms with E-state index in [0.717, 1.165) is 12.3 Å². The Bertz CT molecular complexity index is 609. The second-order valence-electron chi connectivity index (χ2n) is 6.13. The topological polar surface area (TPSA) is 41.5 Å². The van der Waals surface area contributed by atoms with E-state index in [1.54, 1.807) is 7.11 Å². The number of aliphatic hydroxyl groups excluding tert-OH is 1. The van der Waals surface area contributed by atoms with Crippen LogP contribution < -0.4 is 10.1 Å². The molecule has 0 fully saturated rings. The van der Waals surface area contributed by atoms with E-state index in [4.69, 9.17) is 4.74 Å². The average Bonchev–Trinajstić information content (AvgIpc) is 2.51. The molecule has 0 spiro atoms. The van der Waals surface area contributed by atoms with Gasteiger partial charge < -0.3 is 15.2 Å². The van der Waals surface area contributed by atoms with E-state index in [1.807, 2.05) is 12.1 Å². The summed E-state index contributed by atoms with van der Waals surface area (Å²) in [6.45, 7) is 7.18. The van der Waals surface area contributed by atoms with Crippen LogP contribution in [0.4, 0.5) is 0 Å². The molecule has 1 unspecified atom stereocenters. The summed E-state index contributed by atoms with van der Waals surface area (Å²) in [4.78, 5) is 0. The molecule has 2 aromatic rings. The molecule has 2 aromatic carbocycles. The van der Waals surface area contributed by atoms with E-state index < -0.39 is 0 Å². The first kappa shape index (κ1) is 15.8.